The predicted molar refractivity (Wildman–Crippen MR) is 146 cm³/mol. The molecule has 0 saturated carbocycles. The first kappa shape index (κ1) is 28.4. The Morgan fingerprint density at radius 3 is 2.33 bits per heavy atom. The third-order valence-corrected chi connectivity index (χ3v) is 7.52. The molecule has 3 N–H and O–H groups in total. The number of nitrogens with zero attached hydrogens (tertiary/aromatic N) is 1. The highest BCUT2D eigenvalue weighted by Crippen LogP contribution is 2.39. The van der Waals surface area contributed by atoms with Crippen LogP contribution in [0.4, 0.5) is 8.78 Å². The first-order valence-corrected chi connectivity index (χ1v) is 13.3. The summed E-state index contributed by atoms with van der Waals surface area (Å²) in [5, 5.41) is 17.4. The zero-order valence-corrected chi connectivity index (χ0v) is 22.3. The molecule has 1 saturated heterocycles. The van der Waals surface area contributed by atoms with E-state index in [9.17, 15) is 23.5 Å². The zero-order valence-electron chi connectivity index (χ0n) is 22.3. The Morgan fingerprint density at radius 2 is 1.69 bits per heavy atom. The van der Waals surface area contributed by atoms with Gasteiger partial charge in [-0.2, -0.15) is 0 Å². The van der Waals surface area contributed by atoms with Crippen molar-refractivity contribution < 1.29 is 23.5 Å². The molecule has 1 fully saturated rings. The van der Waals surface area contributed by atoms with Crippen LogP contribution in [0.1, 0.15) is 42.0 Å². The molecule has 1 aliphatic heterocycles. The van der Waals surface area contributed by atoms with Crippen molar-refractivity contribution in [1.29, 1.82) is 0 Å². The number of halogens is 2. The van der Waals surface area contributed by atoms with Crippen molar-refractivity contribution in [2.24, 2.45) is 0 Å². The Morgan fingerprint density at radius 1 is 1.00 bits per heavy atom. The van der Waals surface area contributed by atoms with Gasteiger partial charge in [0.2, 0.25) is 5.91 Å². The predicted octanol–water partition coefficient (Wildman–Crippen LogP) is 3.85. The largest absolute Gasteiger partial charge is 0.390 e. The summed E-state index contributed by atoms with van der Waals surface area (Å²) in [6, 6.07) is 19.4. The van der Waals surface area contributed by atoms with E-state index in [-0.39, 0.29) is 31.7 Å². The number of likely N-dealkylation sites (N-methyl/N-ethyl adjacent to an activating group) is 1. The summed E-state index contributed by atoms with van der Waals surface area (Å²) in [7, 11) is 1.60. The molecular formula is C31H35F2N3O3. The zero-order chi connectivity index (χ0) is 28.0. The van der Waals surface area contributed by atoms with Crippen LogP contribution in [0, 0.1) is 11.6 Å². The molecule has 3 atom stereocenters. The Bertz CT molecular complexity index is 1280. The molecule has 2 amide bonds. The lowest BCUT2D eigenvalue weighted by Crippen LogP contribution is -2.58. The lowest BCUT2D eigenvalue weighted by molar-refractivity contribution is -0.141. The van der Waals surface area contributed by atoms with E-state index in [1.807, 2.05) is 18.2 Å². The van der Waals surface area contributed by atoms with Crippen LogP contribution in [0.2, 0.25) is 0 Å². The number of nitrogens with one attached hydrogen (secondary N) is 2. The molecule has 1 heterocycles. The third kappa shape index (κ3) is 6.52. The van der Waals surface area contributed by atoms with Crippen molar-refractivity contribution in [3.63, 3.8) is 0 Å². The van der Waals surface area contributed by atoms with Crippen LogP contribution in [0.3, 0.4) is 0 Å². The highest BCUT2D eigenvalue weighted by atomic mass is 19.1. The number of carbonyl (C=O) groups excluding carboxylic acids is 2. The van der Waals surface area contributed by atoms with Crippen LogP contribution in [0.5, 0.6) is 0 Å². The second-order valence-corrected chi connectivity index (χ2v) is 10.1. The maximum atomic E-state index is 14.0. The Balaban J connectivity index is 1.56. The monoisotopic (exact) mass is 535 g/mol. The highest BCUT2D eigenvalue weighted by molar-refractivity contribution is 5.95. The van der Waals surface area contributed by atoms with E-state index in [0.29, 0.717) is 17.7 Å². The average molecular weight is 536 g/mol. The third-order valence-electron chi connectivity index (χ3n) is 7.52. The topological polar surface area (TPSA) is 81.7 Å². The number of amides is 2. The van der Waals surface area contributed by atoms with Crippen LogP contribution in [-0.2, 0) is 34.5 Å². The minimum absolute atomic E-state index is 0.00286. The van der Waals surface area contributed by atoms with Crippen LogP contribution in [0.25, 0.3) is 0 Å². The maximum absolute atomic E-state index is 14.0. The smallest absolute Gasteiger partial charge is 0.250 e. The van der Waals surface area contributed by atoms with Gasteiger partial charge in [-0.3, -0.25) is 9.59 Å². The van der Waals surface area contributed by atoms with Gasteiger partial charge in [-0.05, 0) is 53.6 Å². The number of aryl methyl sites for hydroxylation is 1. The molecule has 0 aromatic heterocycles. The molecule has 3 aromatic rings. The Hall–Kier alpha value is -3.62. The molecule has 0 bridgehead atoms. The van der Waals surface area contributed by atoms with Crippen LogP contribution < -0.4 is 10.6 Å². The summed E-state index contributed by atoms with van der Waals surface area (Å²) in [4.78, 5) is 28.0. The van der Waals surface area contributed by atoms with E-state index >= 15 is 0 Å². The van der Waals surface area contributed by atoms with Gasteiger partial charge in [-0.1, -0.05) is 61.5 Å². The van der Waals surface area contributed by atoms with Crippen LogP contribution in [-0.4, -0.2) is 47.6 Å². The van der Waals surface area contributed by atoms with E-state index in [4.69, 9.17) is 0 Å². The quantitative estimate of drug-likeness (QED) is 0.349. The molecule has 4 rings (SSSR count). The number of rotatable bonds is 11. The van der Waals surface area contributed by atoms with Crippen molar-refractivity contribution in [1.82, 2.24) is 15.5 Å². The average Bonchev–Trinajstić information content (AvgIpc) is 3.23. The number of aliphatic hydroxyl groups excluding tert-OH is 1. The van der Waals surface area contributed by atoms with E-state index in [0.717, 1.165) is 18.1 Å². The van der Waals surface area contributed by atoms with E-state index in [1.165, 1.54) is 22.6 Å². The highest BCUT2D eigenvalue weighted by Gasteiger charge is 2.51. The number of hydrogen-bond donors (Lipinski definition) is 3. The number of carbonyl (C=O) groups is 2. The molecule has 0 radical (unpaired) electrons. The number of benzene rings is 3. The van der Waals surface area contributed by atoms with E-state index < -0.39 is 35.2 Å². The molecule has 6 nitrogen and oxygen atoms in total. The SMILES string of the molecule is CCc1cccc(CNCC(O)C(Cc2cc(F)cc(F)c2)NC(=O)C2(c3ccccc3)CCC(=O)N2C)c1. The molecule has 8 heteroatoms. The molecule has 206 valence electrons. The molecule has 0 aliphatic carbocycles. The lowest BCUT2D eigenvalue weighted by atomic mass is 9.85. The molecule has 39 heavy (non-hydrogen) atoms. The molecule has 3 unspecified atom stereocenters. The number of hydrogen-bond acceptors (Lipinski definition) is 4. The van der Waals surface area contributed by atoms with Gasteiger partial charge in [0.05, 0.1) is 12.1 Å². The van der Waals surface area contributed by atoms with Crippen molar-refractivity contribution in [2.45, 2.75) is 56.8 Å². The normalized spacial score (nSPS) is 18.7. The van der Waals surface area contributed by atoms with Crippen molar-refractivity contribution in [2.75, 3.05) is 13.6 Å². The van der Waals surface area contributed by atoms with Gasteiger partial charge in [0.1, 0.15) is 17.2 Å². The van der Waals surface area contributed by atoms with E-state index in [2.05, 4.69) is 29.7 Å². The molecule has 0 spiro atoms. The van der Waals surface area contributed by atoms with Crippen LogP contribution >= 0.6 is 0 Å². The van der Waals surface area contributed by atoms with Gasteiger partial charge in [0.25, 0.3) is 5.91 Å². The maximum Gasteiger partial charge on any atom is 0.250 e. The minimum atomic E-state index is -1.25. The van der Waals surface area contributed by atoms with Gasteiger partial charge < -0.3 is 20.6 Å². The fourth-order valence-electron chi connectivity index (χ4n) is 5.30. The second-order valence-electron chi connectivity index (χ2n) is 10.1. The Labute approximate surface area is 228 Å². The number of aliphatic hydroxyl groups is 1. The second kappa shape index (κ2) is 12.5. The minimum Gasteiger partial charge on any atom is -0.390 e. The summed E-state index contributed by atoms with van der Waals surface area (Å²) in [6.07, 6.45) is 0.317. The number of likely N-dealkylation sites (tertiary alicyclic amines) is 1. The fraction of sp³-hybridized carbons (Fsp3) is 0.355. The van der Waals surface area contributed by atoms with E-state index in [1.54, 1.807) is 31.3 Å². The summed E-state index contributed by atoms with van der Waals surface area (Å²) in [6.45, 7) is 2.72. The summed E-state index contributed by atoms with van der Waals surface area (Å²) >= 11 is 0. The standard InChI is InChI=1S/C31H35F2N3O3/c1-3-21-8-7-9-22(14-21)19-34-20-28(37)27(17-23-15-25(32)18-26(33)16-23)35-30(39)31(13-12-29(38)36(31)2)24-10-5-4-6-11-24/h4-11,14-16,18,27-28,34,37H,3,12-13,17,19-20H2,1-2H3,(H,35,39). The fourth-order valence-corrected chi connectivity index (χ4v) is 5.30. The molecule has 1 aliphatic rings. The lowest BCUT2D eigenvalue weighted by Gasteiger charge is -2.37. The van der Waals surface area contributed by atoms with Crippen molar-refractivity contribution >= 4 is 11.8 Å². The van der Waals surface area contributed by atoms with Gasteiger partial charge in [0.15, 0.2) is 0 Å². The van der Waals surface area contributed by atoms with Gasteiger partial charge in [0, 0.05) is 32.6 Å². The van der Waals surface area contributed by atoms with Gasteiger partial charge in [-0.15, -0.1) is 0 Å². The summed E-state index contributed by atoms with van der Waals surface area (Å²) < 4.78 is 27.9. The Kier molecular flexibility index (Phi) is 9.09. The summed E-state index contributed by atoms with van der Waals surface area (Å²) in [5.41, 5.74) is 1.97. The van der Waals surface area contributed by atoms with Gasteiger partial charge in [-0.25, -0.2) is 8.78 Å². The first-order chi connectivity index (χ1) is 18.7. The molecular weight excluding hydrogens is 500 g/mol. The first-order valence-electron chi connectivity index (χ1n) is 13.3. The van der Waals surface area contributed by atoms with Crippen molar-refractivity contribution in [3.05, 3.63) is 107 Å². The van der Waals surface area contributed by atoms with Crippen molar-refractivity contribution in [3.8, 4) is 0 Å². The van der Waals surface area contributed by atoms with Gasteiger partial charge >= 0.3 is 0 Å². The summed E-state index contributed by atoms with van der Waals surface area (Å²) in [5.74, 6) is -2.08. The molecule has 3 aromatic carbocycles. The van der Waals surface area contributed by atoms with Crippen LogP contribution in [0.15, 0.2) is 72.8 Å².